The molecular formula is C16H26. The van der Waals surface area contributed by atoms with Gasteiger partial charge in [0.2, 0.25) is 0 Å². The summed E-state index contributed by atoms with van der Waals surface area (Å²) in [4.78, 5) is 0. The predicted molar refractivity (Wildman–Crippen MR) is 71.2 cm³/mol. The van der Waals surface area contributed by atoms with Gasteiger partial charge in [-0.25, -0.2) is 0 Å². The minimum absolute atomic E-state index is 0.418. The highest BCUT2D eigenvalue weighted by Gasteiger charge is 2.53. The van der Waals surface area contributed by atoms with Crippen LogP contribution in [-0.2, 0) is 0 Å². The van der Waals surface area contributed by atoms with E-state index in [4.69, 9.17) is 0 Å². The lowest BCUT2D eigenvalue weighted by atomic mass is 9.46. The second-order valence-corrected chi connectivity index (χ2v) is 7.04. The molecule has 1 saturated carbocycles. The summed E-state index contributed by atoms with van der Waals surface area (Å²) < 4.78 is 0. The molecule has 0 heteroatoms. The van der Waals surface area contributed by atoms with Crippen molar-refractivity contribution in [3.63, 3.8) is 0 Å². The van der Waals surface area contributed by atoms with Gasteiger partial charge in [-0.1, -0.05) is 65.8 Å². The van der Waals surface area contributed by atoms with Crippen molar-refractivity contribution in [3.05, 3.63) is 24.3 Å². The normalized spacial score (nSPS) is 44.1. The topological polar surface area (TPSA) is 0 Å². The van der Waals surface area contributed by atoms with Gasteiger partial charge >= 0.3 is 0 Å². The molecule has 1 fully saturated rings. The Morgan fingerprint density at radius 2 is 1.00 bits per heavy atom. The van der Waals surface area contributed by atoms with Crippen LogP contribution >= 0.6 is 0 Å². The second-order valence-electron chi connectivity index (χ2n) is 7.04. The molecule has 0 aromatic carbocycles. The first kappa shape index (κ1) is 12.0. The summed E-state index contributed by atoms with van der Waals surface area (Å²) in [6.45, 7) is 14.7. The molecule has 0 spiro atoms. The van der Waals surface area contributed by atoms with Crippen LogP contribution in [0.25, 0.3) is 0 Å². The summed E-state index contributed by atoms with van der Waals surface area (Å²) in [5.41, 5.74) is 0.835. The monoisotopic (exact) mass is 218 g/mol. The molecule has 0 nitrogen and oxygen atoms in total. The quantitative estimate of drug-likeness (QED) is 0.553. The molecule has 0 radical (unpaired) electrons. The first-order chi connectivity index (χ1) is 7.29. The largest absolute Gasteiger partial charge is 0.0803 e. The molecule has 0 aliphatic heterocycles. The van der Waals surface area contributed by atoms with Gasteiger partial charge < -0.3 is 0 Å². The van der Waals surface area contributed by atoms with Crippen LogP contribution < -0.4 is 0 Å². The lowest BCUT2D eigenvalue weighted by Gasteiger charge is -2.58. The average Bonchev–Trinajstić information content (AvgIpc) is 2.25. The molecular weight excluding hydrogens is 192 g/mol. The highest BCUT2D eigenvalue weighted by molar-refractivity contribution is 5.22. The van der Waals surface area contributed by atoms with Crippen LogP contribution in [0.15, 0.2) is 24.3 Å². The minimum Gasteiger partial charge on any atom is -0.0803 e. The maximum atomic E-state index is 2.45. The van der Waals surface area contributed by atoms with Crippen LogP contribution in [0.2, 0.25) is 0 Å². The fourth-order valence-electron chi connectivity index (χ4n) is 3.92. The van der Waals surface area contributed by atoms with Crippen molar-refractivity contribution < 1.29 is 0 Å². The highest BCUT2D eigenvalue weighted by atomic mass is 14.6. The van der Waals surface area contributed by atoms with Gasteiger partial charge in [0.25, 0.3) is 0 Å². The summed E-state index contributed by atoms with van der Waals surface area (Å²) >= 11 is 0. The van der Waals surface area contributed by atoms with Crippen LogP contribution in [0.1, 0.15) is 41.5 Å². The smallest absolute Gasteiger partial charge is 0.0108 e. The van der Waals surface area contributed by atoms with Crippen LogP contribution in [0.5, 0.6) is 0 Å². The van der Waals surface area contributed by atoms with Gasteiger partial charge in [0.1, 0.15) is 0 Å². The van der Waals surface area contributed by atoms with E-state index in [-0.39, 0.29) is 0 Å². The molecule has 0 bridgehead atoms. The molecule has 16 heavy (non-hydrogen) atoms. The van der Waals surface area contributed by atoms with Crippen molar-refractivity contribution in [2.75, 3.05) is 0 Å². The number of allylic oxidation sites excluding steroid dienone is 4. The van der Waals surface area contributed by atoms with E-state index in [1.54, 1.807) is 0 Å². The summed E-state index contributed by atoms with van der Waals surface area (Å²) in [5, 5.41) is 0. The molecule has 90 valence electrons. The number of rotatable bonds is 0. The van der Waals surface area contributed by atoms with E-state index >= 15 is 0 Å². The molecule has 2 rings (SSSR count). The Labute approximate surface area is 101 Å². The van der Waals surface area contributed by atoms with Crippen LogP contribution in [-0.4, -0.2) is 0 Å². The first-order valence-corrected chi connectivity index (χ1v) is 6.64. The number of fused-ring (bicyclic) bond motifs is 1. The van der Waals surface area contributed by atoms with Crippen molar-refractivity contribution in [3.8, 4) is 0 Å². The van der Waals surface area contributed by atoms with E-state index in [2.05, 4.69) is 65.8 Å². The van der Waals surface area contributed by atoms with Gasteiger partial charge in [-0.3, -0.25) is 0 Å². The standard InChI is InChI=1S/C16H26/c1-11-12(2)16(5,6)14-10-8-7-9-13(14)15(11,3)4/h7-14H,1-6H3. The summed E-state index contributed by atoms with van der Waals surface area (Å²) in [6.07, 6.45) is 9.35. The summed E-state index contributed by atoms with van der Waals surface area (Å²) in [7, 11) is 0. The second kappa shape index (κ2) is 3.48. The Kier molecular flexibility index (Phi) is 2.60. The molecule has 0 heterocycles. The van der Waals surface area contributed by atoms with E-state index in [0.717, 1.165) is 11.8 Å². The van der Waals surface area contributed by atoms with E-state index in [1.807, 2.05) is 0 Å². The third-order valence-corrected chi connectivity index (χ3v) is 5.95. The van der Waals surface area contributed by atoms with Crippen molar-refractivity contribution >= 4 is 0 Å². The molecule has 4 atom stereocenters. The van der Waals surface area contributed by atoms with Gasteiger partial charge in [-0.05, 0) is 34.5 Å². The molecule has 4 unspecified atom stereocenters. The maximum absolute atomic E-state index is 2.45. The molecule has 2 aliphatic carbocycles. The van der Waals surface area contributed by atoms with E-state index in [9.17, 15) is 0 Å². The Morgan fingerprint density at radius 1 is 0.688 bits per heavy atom. The SMILES string of the molecule is CC1C(C)C(C)(C)C2C=CC=CC2C1(C)C. The third kappa shape index (κ3) is 1.42. The molecule has 0 aromatic heterocycles. The lowest BCUT2D eigenvalue weighted by molar-refractivity contribution is -0.0683. The van der Waals surface area contributed by atoms with E-state index in [0.29, 0.717) is 22.7 Å². The van der Waals surface area contributed by atoms with Crippen molar-refractivity contribution in [1.29, 1.82) is 0 Å². The maximum Gasteiger partial charge on any atom is -0.0108 e. The van der Waals surface area contributed by atoms with E-state index in [1.165, 1.54) is 0 Å². The summed E-state index contributed by atoms with van der Waals surface area (Å²) in [5.74, 6) is 2.97. The number of hydrogen-bond donors (Lipinski definition) is 0. The van der Waals surface area contributed by atoms with E-state index < -0.39 is 0 Å². The zero-order valence-corrected chi connectivity index (χ0v) is 11.6. The van der Waals surface area contributed by atoms with Crippen LogP contribution in [0, 0.1) is 34.5 Å². The zero-order valence-electron chi connectivity index (χ0n) is 11.6. The van der Waals surface area contributed by atoms with Crippen LogP contribution in [0.3, 0.4) is 0 Å². The van der Waals surface area contributed by atoms with Crippen molar-refractivity contribution in [1.82, 2.24) is 0 Å². The lowest BCUT2D eigenvalue weighted by Crippen LogP contribution is -2.52. The molecule has 2 aliphatic rings. The fourth-order valence-corrected chi connectivity index (χ4v) is 3.92. The molecule has 0 saturated heterocycles. The molecule has 0 amide bonds. The Hall–Kier alpha value is -0.520. The summed E-state index contributed by atoms with van der Waals surface area (Å²) in [6, 6.07) is 0. The van der Waals surface area contributed by atoms with Gasteiger partial charge in [-0.2, -0.15) is 0 Å². The number of hydrogen-bond acceptors (Lipinski definition) is 0. The zero-order chi connectivity index (χ0) is 12.1. The van der Waals surface area contributed by atoms with Crippen molar-refractivity contribution in [2.45, 2.75) is 41.5 Å². The highest BCUT2D eigenvalue weighted by Crippen LogP contribution is 2.59. The van der Waals surface area contributed by atoms with Crippen LogP contribution in [0.4, 0.5) is 0 Å². The molecule has 0 N–H and O–H groups in total. The third-order valence-electron chi connectivity index (χ3n) is 5.95. The molecule has 0 aromatic rings. The van der Waals surface area contributed by atoms with Gasteiger partial charge in [0.05, 0.1) is 0 Å². The average molecular weight is 218 g/mol. The Morgan fingerprint density at radius 3 is 1.31 bits per heavy atom. The first-order valence-electron chi connectivity index (χ1n) is 6.64. The fraction of sp³-hybridized carbons (Fsp3) is 0.750. The minimum atomic E-state index is 0.418. The Bertz CT molecular complexity index is 296. The van der Waals surface area contributed by atoms with Crippen molar-refractivity contribution in [2.24, 2.45) is 34.5 Å². The van der Waals surface area contributed by atoms with Gasteiger partial charge in [0, 0.05) is 0 Å². The predicted octanol–water partition coefficient (Wildman–Crippen LogP) is 4.68. The van der Waals surface area contributed by atoms with Gasteiger partial charge in [0.15, 0.2) is 0 Å². The Balaban J connectivity index is 2.46. The van der Waals surface area contributed by atoms with Gasteiger partial charge in [-0.15, -0.1) is 0 Å².